The van der Waals surface area contributed by atoms with E-state index in [1.165, 1.54) is 0 Å². The van der Waals surface area contributed by atoms with Crippen molar-refractivity contribution in [3.8, 4) is 17.7 Å². The average molecular weight is 358 g/mol. The summed E-state index contributed by atoms with van der Waals surface area (Å²) in [6.45, 7) is 5.55. The lowest BCUT2D eigenvalue weighted by atomic mass is 10.1. The van der Waals surface area contributed by atoms with Crippen LogP contribution in [0.4, 0.5) is 5.69 Å². The summed E-state index contributed by atoms with van der Waals surface area (Å²) in [5.74, 6) is 0.655. The highest BCUT2D eigenvalue weighted by molar-refractivity contribution is 6.32. The van der Waals surface area contributed by atoms with Crippen LogP contribution < -0.4 is 10.1 Å². The molecule has 0 atom stereocenters. The van der Waals surface area contributed by atoms with Gasteiger partial charge >= 0.3 is 0 Å². The lowest BCUT2D eigenvalue weighted by molar-refractivity contribution is -0.116. The van der Waals surface area contributed by atoms with Gasteiger partial charge in [0.05, 0.1) is 10.7 Å². The number of nitrogens with zero attached hydrogens (tertiary/aromatic N) is 2. The highest BCUT2D eigenvalue weighted by atomic mass is 35.5. The molecule has 1 aromatic heterocycles. The van der Waals surface area contributed by atoms with Gasteiger partial charge in [-0.3, -0.25) is 4.79 Å². The second kappa shape index (κ2) is 8.50. The summed E-state index contributed by atoms with van der Waals surface area (Å²) in [5, 5.41) is 12.7. The lowest BCUT2D eigenvalue weighted by Gasteiger charge is -2.12. The molecule has 0 unspecified atom stereocenters. The zero-order chi connectivity index (χ0) is 18.4. The van der Waals surface area contributed by atoms with Crippen LogP contribution in [0.2, 0.25) is 5.02 Å². The number of benzene rings is 1. The topological polar surface area (TPSA) is 75.0 Å². The molecule has 0 radical (unpaired) electrons. The third-order valence-corrected chi connectivity index (χ3v) is 4.26. The van der Waals surface area contributed by atoms with Gasteiger partial charge < -0.3 is 10.1 Å². The molecule has 0 aliphatic carbocycles. The number of rotatable bonds is 6. The SMILES string of the molecule is CCCCC(=O)Nc1cccc(Oc2nc(C)c(Cl)c(C)c2C#N)c1. The van der Waals surface area contributed by atoms with Crippen LogP contribution in [0.1, 0.15) is 43.0 Å². The zero-order valence-electron chi connectivity index (χ0n) is 14.5. The Bertz CT molecular complexity index is 828. The molecule has 0 saturated heterocycles. The van der Waals surface area contributed by atoms with Crippen molar-refractivity contribution < 1.29 is 9.53 Å². The highest BCUT2D eigenvalue weighted by Gasteiger charge is 2.15. The number of nitriles is 1. The zero-order valence-corrected chi connectivity index (χ0v) is 15.3. The third-order valence-electron chi connectivity index (χ3n) is 3.71. The van der Waals surface area contributed by atoms with Gasteiger partial charge in [-0.15, -0.1) is 0 Å². The molecular formula is C19H20ClN3O2. The molecule has 2 rings (SSSR count). The molecule has 0 aliphatic heterocycles. The van der Waals surface area contributed by atoms with Gasteiger partial charge in [0.15, 0.2) is 0 Å². The minimum Gasteiger partial charge on any atom is -0.438 e. The van der Waals surface area contributed by atoms with Crippen LogP contribution in [-0.4, -0.2) is 10.9 Å². The highest BCUT2D eigenvalue weighted by Crippen LogP contribution is 2.31. The van der Waals surface area contributed by atoms with E-state index in [4.69, 9.17) is 16.3 Å². The average Bonchev–Trinajstić information content (AvgIpc) is 2.58. The van der Waals surface area contributed by atoms with Crippen molar-refractivity contribution in [3.05, 3.63) is 46.1 Å². The van der Waals surface area contributed by atoms with Crippen molar-refractivity contribution in [2.45, 2.75) is 40.0 Å². The molecule has 25 heavy (non-hydrogen) atoms. The van der Waals surface area contributed by atoms with E-state index in [2.05, 4.69) is 16.4 Å². The first-order valence-electron chi connectivity index (χ1n) is 8.10. The summed E-state index contributed by atoms with van der Waals surface area (Å²) in [5.41, 5.74) is 2.17. The first-order valence-corrected chi connectivity index (χ1v) is 8.48. The van der Waals surface area contributed by atoms with Crippen LogP contribution in [0.15, 0.2) is 24.3 Å². The summed E-state index contributed by atoms with van der Waals surface area (Å²) in [4.78, 5) is 16.1. The minimum atomic E-state index is -0.0342. The van der Waals surface area contributed by atoms with Crippen LogP contribution in [0, 0.1) is 25.2 Å². The Morgan fingerprint density at radius 1 is 1.40 bits per heavy atom. The van der Waals surface area contributed by atoms with Gasteiger partial charge in [-0.2, -0.15) is 5.26 Å². The van der Waals surface area contributed by atoms with E-state index in [0.29, 0.717) is 39.7 Å². The number of hydrogen-bond donors (Lipinski definition) is 1. The maximum absolute atomic E-state index is 11.8. The molecule has 0 fully saturated rings. The van der Waals surface area contributed by atoms with Crippen molar-refractivity contribution in [2.24, 2.45) is 0 Å². The van der Waals surface area contributed by atoms with Gasteiger partial charge in [0.1, 0.15) is 17.4 Å². The van der Waals surface area contributed by atoms with Gasteiger partial charge in [0.25, 0.3) is 0 Å². The van der Waals surface area contributed by atoms with E-state index in [1.807, 2.05) is 6.92 Å². The molecule has 1 amide bonds. The van der Waals surface area contributed by atoms with Crippen molar-refractivity contribution in [1.82, 2.24) is 4.98 Å². The van der Waals surface area contributed by atoms with Crippen LogP contribution >= 0.6 is 11.6 Å². The van der Waals surface area contributed by atoms with Crippen molar-refractivity contribution in [1.29, 1.82) is 5.26 Å². The summed E-state index contributed by atoms with van der Waals surface area (Å²) < 4.78 is 5.78. The molecule has 0 spiro atoms. The monoisotopic (exact) mass is 357 g/mol. The maximum atomic E-state index is 11.8. The Kier molecular flexibility index (Phi) is 6.37. The number of aromatic nitrogens is 1. The number of unbranched alkanes of at least 4 members (excludes halogenated alkanes) is 1. The van der Waals surface area contributed by atoms with Crippen molar-refractivity contribution in [3.63, 3.8) is 0 Å². The van der Waals surface area contributed by atoms with Gasteiger partial charge in [0, 0.05) is 18.2 Å². The summed E-state index contributed by atoms with van der Waals surface area (Å²) in [7, 11) is 0. The predicted octanol–water partition coefficient (Wildman–Crippen LogP) is 5.14. The number of carbonyl (C=O) groups excluding carboxylic acids is 1. The number of halogens is 1. The van der Waals surface area contributed by atoms with E-state index in [1.54, 1.807) is 38.1 Å². The summed E-state index contributed by atoms with van der Waals surface area (Å²) >= 11 is 6.14. The van der Waals surface area contributed by atoms with Gasteiger partial charge in [-0.05, 0) is 38.0 Å². The molecule has 0 bridgehead atoms. The van der Waals surface area contributed by atoms with Crippen molar-refractivity contribution >= 4 is 23.2 Å². The van der Waals surface area contributed by atoms with Crippen molar-refractivity contribution in [2.75, 3.05) is 5.32 Å². The Labute approximate surface area is 152 Å². The largest absolute Gasteiger partial charge is 0.438 e. The molecule has 1 N–H and O–H groups in total. The molecular weight excluding hydrogens is 338 g/mol. The first-order chi connectivity index (χ1) is 12.0. The number of pyridine rings is 1. The van der Waals surface area contributed by atoms with E-state index < -0.39 is 0 Å². The normalized spacial score (nSPS) is 10.2. The Morgan fingerprint density at radius 3 is 2.84 bits per heavy atom. The molecule has 130 valence electrons. The Hall–Kier alpha value is -2.58. The Morgan fingerprint density at radius 2 is 2.16 bits per heavy atom. The van der Waals surface area contributed by atoms with Crippen LogP contribution in [0.5, 0.6) is 11.6 Å². The van der Waals surface area contributed by atoms with E-state index in [-0.39, 0.29) is 11.8 Å². The number of anilines is 1. The number of amides is 1. The first kappa shape index (κ1) is 18.8. The third kappa shape index (κ3) is 4.71. The molecule has 1 heterocycles. The molecule has 0 saturated carbocycles. The number of nitrogens with one attached hydrogen (secondary N) is 1. The fraction of sp³-hybridized carbons (Fsp3) is 0.316. The second-order valence-corrected chi connectivity index (χ2v) is 6.09. The number of aryl methyl sites for hydroxylation is 1. The molecule has 6 heteroatoms. The van der Waals surface area contributed by atoms with E-state index >= 15 is 0 Å². The summed E-state index contributed by atoms with van der Waals surface area (Å²) in [6, 6.07) is 9.08. The predicted molar refractivity (Wildman–Crippen MR) is 98.1 cm³/mol. The van der Waals surface area contributed by atoms with E-state index in [0.717, 1.165) is 12.8 Å². The van der Waals surface area contributed by atoms with Gasteiger partial charge in [-0.25, -0.2) is 4.98 Å². The molecule has 0 aliphatic rings. The van der Waals surface area contributed by atoms with Gasteiger partial charge in [-0.1, -0.05) is 31.0 Å². The lowest BCUT2D eigenvalue weighted by Crippen LogP contribution is -2.10. The second-order valence-electron chi connectivity index (χ2n) is 5.71. The number of ether oxygens (including phenoxy) is 1. The van der Waals surface area contributed by atoms with Crippen LogP contribution in [0.3, 0.4) is 0 Å². The number of hydrogen-bond acceptors (Lipinski definition) is 4. The fourth-order valence-electron chi connectivity index (χ4n) is 2.31. The summed E-state index contributed by atoms with van der Waals surface area (Å²) in [6.07, 6.45) is 2.30. The quantitative estimate of drug-likeness (QED) is 0.776. The fourth-order valence-corrected chi connectivity index (χ4v) is 2.45. The van der Waals surface area contributed by atoms with Crippen LogP contribution in [-0.2, 0) is 4.79 Å². The molecule has 1 aromatic carbocycles. The van der Waals surface area contributed by atoms with Gasteiger partial charge in [0.2, 0.25) is 11.8 Å². The maximum Gasteiger partial charge on any atom is 0.237 e. The van der Waals surface area contributed by atoms with E-state index in [9.17, 15) is 10.1 Å². The molecule has 2 aromatic rings. The molecule has 5 nitrogen and oxygen atoms in total. The minimum absolute atomic E-state index is 0.0342. The Balaban J connectivity index is 2.23. The van der Waals surface area contributed by atoms with Crippen LogP contribution in [0.25, 0.3) is 0 Å². The number of carbonyl (C=O) groups is 1. The smallest absolute Gasteiger partial charge is 0.237 e. The standard InChI is InChI=1S/C19H20ClN3O2/c1-4-5-9-17(24)23-14-7-6-8-15(10-14)25-19-16(11-21)12(2)18(20)13(3)22-19/h6-8,10H,4-5,9H2,1-3H3,(H,23,24).